The molecule has 0 bridgehead atoms. The van der Waals surface area contributed by atoms with Gasteiger partial charge in [-0.1, -0.05) is 0 Å². The van der Waals surface area contributed by atoms with E-state index in [2.05, 4.69) is 5.10 Å². The summed E-state index contributed by atoms with van der Waals surface area (Å²) in [7, 11) is 0.968. The summed E-state index contributed by atoms with van der Waals surface area (Å²) in [4.78, 5) is 0. The molecule has 92 valence electrons. The van der Waals surface area contributed by atoms with Crippen molar-refractivity contribution in [3.63, 3.8) is 0 Å². The van der Waals surface area contributed by atoms with Crippen LogP contribution >= 0.6 is 0 Å². The van der Waals surface area contributed by atoms with Crippen LogP contribution in [-0.2, 0) is 13.2 Å². The summed E-state index contributed by atoms with van der Waals surface area (Å²) < 4.78 is 73.4. The zero-order valence-electron chi connectivity index (χ0n) is 7.89. The average Bonchev–Trinajstić information content (AvgIpc) is 2.43. The van der Waals surface area contributed by atoms with E-state index in [-0.39, 0.29) is 6.07 Å². The van der Waals surface area contributed by atoms with Gasteiger partial charge in [0.05, 0.1) is 5.69 Å². The van der Waals surface area contributed by atoms with Gasteiger partial charge in [-0.2, -0.15) is 31.4 Å². The molecule has 0 saturated carbocycles. The predicted octanol–water partition coefficient (Wildman–Crippen LogP) is 2.00. The van der Waals surface area contributed by atoms with E-state index >= 15 is 0 Å². The lowest BCUT2D eigenvalue weighted by Crippen LogP contribution is -2.30. The monoisotopic (exact) mass is 247 g/mol. The number of hydrogen-bond donors (Lipinski definition) is 1. The molecule has 2 N–H and O–H groups in total. The van der Waals surface area contributed by atoms with Crippen molar-refractivity contribution in [2.75, 3.05) is 0 Å². The summed E-state index contributed by atoms with van der Waals surface area (Å²) in [6.45, 7) is 0. The minimum absolute atomic E-state index is 0.290. The highest BCUT2D eigenvalue weighted by molar-refractivity contribution is 5.17. The maximum Gasteiger partial charge on any atom is 0.435 e. The number of halogens is 6. The van der Waals surface area contributed by atoms with Gasteiger partial charge in [0, 0.05) is 7.05 Å². The molecule has 1 aromatic heterocycles. The van der Waals surface area contributed by atoms with Crippen LogP contribution in [0.1, 0.15) is 17.4 Å². The average molecular weight is 247 g/mol. The van der Waals surface area contributed by atoms with E-state index in [1.807, 2.05) is 0 Å². The van der Waals surface area contributed by atoms with Crippen LogP contribution in [0.4, 0.5) is 26.3 Å². The molecule has 0 aliphatic rings. The van der Waals surface area contributed by atoms with E-state index in [1.54, 1.807) is 0 Å². The Hall–Kier alpha value is -1.25. The molecule has 1 unspecified atom stereocenters. The molecule has 3 nitrogen and oxygen atoms in total. The molecule has 16 heavy (non-hydrogen) atoms. The number of alkyl halides is 6. The van der Waals surface area contributed by atoms with Gasteiger partial charge in [0.15, 0.2) is 5.69 Å². The Kier molecular flexibility index (Phi) is 2.92. The molecular weight excluding hydrogens is 240 g/mol. The molecule has 0 fully saturated rings. The topological polar surface area (TPSA) is 43.8 Å². The van der Waals surface area contributed by atoms with E-state index in [9.17, 15) is 26.3 Å². The fraction of sp³-hybridized carbons (Fsp3) is 0.571. The molecule has 0 aliphatic heterocycles. The second-order valence-electron chi connectivity index (χ2n) is 3.10. The number of rotatable bonds is 1. The molecule has 0 aromatic carbocycles. The third-order valence-electron chi connectivity index (χ3n) is 1.88. The van der Waals surface area contributed by atoms with E-state index in [4.69, 9.17) is 5.73 Å². The van der Waals surface area contributed by atoms with Crippen molar-refractivity contribution in [3.8, 4) is 0 Å². The second-order valence-corrected chi connectivity index (χ2v) is 3.10. The molecule has 1 rings (SSSR count). The van der Waals surface area contributed by atoms with E-state index in [0.717, 1.165) is 7.05 Å². The van der Waals surface area contributed by atoms with Crippen molar-refractivity contribution < 1.29 is 26.3 Å². The van der Waals surface area contributed by atoms with Crippen LogP contribution in [0.25, 0.3) is 0 Å². The zero-order valence-corrected chi connectivity index (χ0v) is 7.89. The van der Waals surface area contributed by atoms with Crippen molar-refractivity contribution in [3.05, 3.63) is 17.5 Å². The fourth-order valence-corrected chi connectivity index (χ4v) is 1.08. The van der Waals surface area contributed by atoms with Crippen molar-refractivity contribution >= 4 is 0 Å². The first kappa shape index (κ1) is 12.8. The van der Waals surface area contributed by atoms with Crippen LogP contribution in [-0.4, -0.2) is 16.0 Å². The van der Waals surface area contributed by atoms with Gasteiger partial charge in [0.1, 0.15) is 6.04 Å². The minimum atomic E-state index is -4.81. The van der Waals surface area contributed by atoms with Gasteiger partial charge < -0.3 is 5.73 Å². The summed E-state index contributed by atoms with van der Waals surface area (Å²) in [6, 6.07) is -2.20. The van der Waals surface area contributed by atoms with Gasteiger partial charge >= 0.3 is 12.4 Å². The Morgan fingerprint density at radius 3 is 2.06 bits per heavy atom. The van der Waals surface area contributed by atoms with Gasteiger partial charge in [-0.15, -0.1) is 0 Å². The maximum absolute atomic E-state index is 12.2. The van der Waals surface area contributed by atoms with Crippen LogP contribution in [0.15, 0.2) is 6.07 Å². The quantitative estimate of drug-likeness (QED) is 0.771. The molecule has 9 heteroatoms. The van der Waals surface area contributed by atoms with Crippen LogP contribution in [0.2, 0.25) is 0 Å². The lowest BCUT2D eigenvalue weighted by molar-refractivity contribution is -0.150. The van der Waals surface area contributed by atoms with Crippen LogP contribution in [0, 0.1) is 0 Å². The van der Waals surface area contributed by atoms with Gasteiger partial charge in [0.25, 0.3) is 0 Å². The first-order valence-electron chi connectivity index (χ1n) is 3.97. The highest BCUT2D eigenvalue weighted by atomic mass is 19.4. The fourth-order valence-electron chi connectivity index (χ4n) is 1.08. The smallest absolute Gasteiger partial charge is 0.315 e. The third kappa shape index (κ3) is 2.46. The largest absolute Gasteiger partial charge is 0.435 e. The first-order chi connectivity index (χ1) is 7.03. The van der Waals surface area contributed by atoms with Gasteiger partial charge in [0.2, 0.25) is 0 Å². The molecule has 0 aliphatic carbocycles. The van der Waals surface area contributed by atoms with Crippen molar-refractivity contribution in [2.45, 2.75) is 18.4 Å². The molecule has 0 spiro atoms. The van der Waals surface area contributed by atoms with Crippen molar-refractivity contribution in [2.24, 2.45) is 12.8 Å². The van der Waals surface area contributed by atoms with Crippen molar-refractivity contribution in [1.82, 2.24) is 9.78 Å². The third-order valence-corrected chi connectivity index (χ3v) is 1.88. The normalized spacial score (nSPS) is 15.2. The molecule has 1 atom stereocenters. The molecule has 0 radical (unpaired) electrons. The summed E-state index contributed by atoms with van der Waals surface area (Å²) >= 11 is 0. The maximum atomic E-state index is 12.2. The minimum Gasteiger partial charge on any atom is -0.315 e. The Morgan fingerprint density at radius 1 is 1.25 bits per heavy atom. The molecule has 0 saturated heterocycles. The van der Waals surface area contributed by atoms with Gasteiger partial charge in [-0.05, 0) is 6.07 Å². The number of aryl methyl sites for hydroxylation is 1. The lowest BCUT2D eigenvalue weighted by atomic mass is 10.2. The number of aromatic nitrogens is 2. The summed E-state index contributed by atoms with van der Waals surface area (Å²) in [5.74, 6) is 0. The highest BCUT2D eigenvalue weighted by Gasteiger charge is 2.42. The summed E-state index contributed by atoms with van der Waals surface area (Å²) in [6.07, 6.45) is -9.60. The standard InChI is InChI=1S/C7H7F6N3/c1-16-3(5(14)7(11,12)13)2-4(15-16)6(8,9)10/h2,5H,14H2,1H3. The summed E-state index contributed by atoms with van der Waals surface area (Å²) in [5.41, 5.74) is 2.64. The van der Waals surface area contributed by atoms with Gasteiger partial charge in [-0.3, -0.25) is 4.68 Å². The van der Waals surface area contributed by atoms with E-state index in [1.165, 1.54) is 0 Å². The Bertz CT molecular complexity index is 376. The van der Waals surface area contributed by atoms with E-state index in [0.29, 0.717) is 4.68 Å². The summed E-state index contributed by atoms with van der Waals surface area (Å²) in [5, 5.41) is 2.93. The molecule has 1 heterocycles. The van der Waals surface area contributed by atoms with Gasteiger partial charge in [-0.25, -0.2) is 0 Å². The Labute approximate surface area is 85.8 Å². The highest BCUT2D eigenvalue weighted by Crippen LogP contribution is 2.34. The Morgan fingerprint density at radius 2 is 1.75 bits per heavy atom. The number of nitrogens with zero attached hydrogens (tertiary/aromatic N) is 2. The molecule has 1 aromatic rings. The van der Waals surface area contributed by atoms with Crippen LogP contribution in [0.5, 0.6) is 0 Å². The predicted molar refractivity (Wildman–Crippen MR) is 41.2 cm³/mol. The Balaban J connectivity index is 3.13. The zero-order chi connectivity index (χ0) is 12.7. The SMILES string of the molecule is Cn1nc(C(F)(F)F)cc1C(N)C(F)(F)F. The van der Waals surface area contributed by atoms with Crippen LogP contribution in [0.3, 0.4) is 0 Å². The number of nitrogens with two attached hydrogens (primary N) is 1. The first-order valence-corrected chi connectivity index (χ1v) is 3.97. The molecular formula is C7H7F6N3. The van der Waals surface area contributed by atoms with Crippen LogP contribution < -0.4 is 5.73 Å². The lowest BCUT2D eigenvalue weighted by Gasteiger charge is -2.15. The van der Waals surface area contributed by atoms with E-state index < -0.39 is 29.8 Å². The van der Waals surface area contributed by atoms with Crippen molar-refractivity contribution in [1.29, 1.82) is 0 Å². The molecule has 0 amide bonds. The second kappa shape index (κ2) is 3.65. The number of hydrogen-bond acceptors (Lipinski definition) is 2.